The first-order valence-corrected chi connectivity index (χ1v) is 7.17. The number of ether oxygens (including phenoxy) is 1. The maximum Gasteiger partial charge on any atom is 0.119 e. The number of piperidine rings is 1. The Morgan fingerprint density at radius 3 is 2.61 bits per heavy atom. The van der Waals surface area contributed by atoms with Crippen LogP contribution < -0.4 is 10.1 Å². The van der Waals surface area contributed by atoms with Gasteiger partial charge in [-0.25, -0.2) is 0 Å². The van der Waals surface area contributed by atoms with Gasteiger partial charge in [-0.05, 0) is 62.9 Å². The van der Waals surface area contributed by atoms with Gasteiger partial charge in [0.15, 0.2) is 0 Å². The van der Waals surface area contributed by atoms with E-state index in [9.17, 15) is 0 Å². The summed E-state index contributed by atoms with van der Waals surface area (Å²) in [4.78, 5) is 0. The summed E-state index contributed by atoms with van der Waals surface area (Å²) < 4.78 is 5.83. The number of hydrogen-bond acceptors (Lipinski definition) is 2. The maximum absolute atomic E-state index is 6.14. The Morgan fingerprint density at radius 1 is 1.28 bits per heavy atom. The minimum Gasteiger partial charge on any atom is -0.494 e. The summed E-state index contributed by atoms with van der Waals surface area (Å²) in [6.07, 6.45) is 5.02. The first kappa shape index (κ1) is 13.7. The zero-order chi connectivity index (χ0) is 13.0. The molecule has 0 aliphatic carbocycles. The topological polar surface area (TPSA) is 21.3 Å². The van der Waals surface area contributed by atoms with Crippen LogP contribution in [-0.4, -0.2) is 19.2 Å². The van der Waals surface area contributed by atoms with Crippen LogP contribution in [0.25, 0.3) is 0 Å². The standard InChI is InChI=1S/C15H22ClNO/c1-11-9-14(10-12(2)15(11)16)18-8-6-13-5-3-4-7-17-13/h9-10,13,17H,3-8H2,1-2H3. The largest absolute Gasteiger partial charge is 0.494 e. The summed E-state index contributed by atoms with van der Waals surface area (Å²) in [6, 6.07) is 4.67. The maximum atomic E-state index is 6.14. The van der Waals surface area contributed by atoms with Crippen LogP contribution in [0.2, 0.25) is 5.02 Å². The Hall–Kier alpha value is -0.730. The lowest BCUT2D eigenvalue weighted by Gasteiger charge is -2.23. The molecule has 0 saturated carbocycles. The van der Waals surface area contributed by atoms with Crippen LogP contribution in [0.3, 0.4) is 0 Å². The molecule has 1 aromatic rings. The van der Waals surface area contributed by atoms with E-state index in [1.807, 2.05) is 26.0 Å². The van der Waals surface area contributed by atoms with Gasteiger partial charge in [0.2, 0.25) is 0 Å². The van der Waals surface area contributed by atoms with Gasteiger partial charge in [0.05, 0.1) is 6.61 Å². The first-order chi connectivity index (χ1) is 8.66. The molecule has 1 aliphatic rings. The molecule has 1 fully saturated rings. The molecule has 0 radical (unpaired) electrons. The van der Waals surface area contributed by atoms with Crippen LogP contribution >= 0.6 is 11.6 Å². The highest BCUT2D eigenvalue weighted by Gasteiger charge is 2.12. The molecular weight excluding hydrogens is 246 g/mol. The smallest absolute Gasteiger partial charge is 0.119 e. The molecule has 1 N–H and O–H groups in total. The number of benzene rings is 1. The monoisotopic (exact) mass is 267 g/mol. The third kappa shape index (κ3) is 3.63. The van der Waals surface area contributed by atoms with Crippen molar-refractivity contribution in [3.05, 3.63) is 28.3 Å². The van der Waals surface area contributed by atoms with E-state index in [-0.39, 0.29) is 0 Å². The van der Waals surface area contributed by atoms with Crippen LogP contribution in [0.15, 0.2) is 12.1 Å². The fourth-order valence-corrected chi connectivity index (χ4v) is 2.59. The van der Waals surface area contributed by atoms with Crippen molar-refractivity contribution in [2.75, 3.05) is 13.2 Å². The van der Waals surface area contributed by atoms with Crippen LogP contribution in [0.1, 0.15) is 36.8 Å². The van der Waals surface area contributed by atoms with Gasteiger partial charge in [0.25, 0.3) is 0 Å². The Kier molecular flexibility index (Phi) is 4.90. The third-order valence-corrected chi connectivity index (χ3v) is 4.15. The molecule has 2 nitrogen and oxygen atoms in total. The van der Waals surface area contributed by atoms with E-state index in [0.717, 1.165) is 41.5 Å². The van der Waals surface area contributed by atoms with Gasteiger partial charge in [-0.3, -0.25) is 0 Å². The van der Waals surface area contributed by atoms with Gasteiger partial charge in [0.1, 0.15) is 5.75 Å². The SMILES string of the molecule is Cc1cc(OCCC2CCCCN2)cc(C)c1Cl. The van der Waals surface area contributed by atoms with E-state index in [0.29, 0.717) is 6.04 Å². The molecular formula is C15H22ClNO. The van der Waals surface area contributed by atoms with E-state index < -0.39 is 0 Å². The van der Waals surface area contributed by atoms with Crippen molar-refractivity contribution in [1.82, 2.24) is 5.32 Å². The van der Waals surface area contributed by atoms with E-state index in [1.54, 1.807) is 0 Å². The highest BCUT2D eigenvalue weighted by Crippen LogP contribution is 2.26. The van der Waals surface area contributed by atoms with Gasteiger partial charge < -0.3 is 10.1 Å². The van der Waals surface area contributed by atoms with E-state index in [4.69, 9.17) is 16.3 Å². The summed E-state index contributed by atoms with van der Waals surface area (Å²) >= 11 is 6.14. The van der Waals surface area contributed by atoms with Gasteiger partial charge >= 0.3 is 0 Å². The normalized spacial score (nSPS) is 19.8. The lowest BCUT2D eigenvalue weighted by molar-refractivity contribution is 0.268. The number of rotatable bonds is 4. The second-order valence-electron chi connectivity index (χ2n) is 5.16. The molecule has 1 aliphatic heterocycles. The summed E-state index contributed by atoms with van der Waals surface area (Å²) in [7, 11) is 0. The van der Waals surface area contributed by atoms with Crippen LogP contribution in [0, 0.1) is 13.8 Å². The van der Waals surface area contributed by atoms with Crippen molar-refractivity contribution in [3.8, 4) is 5.75 Å². The van der Waals surface area contributed by atoms with E-state index in [1.165, 1.54) is 19.3 Å². The summed E-state index contributed by atoms with van der Waals surface area (Å²) in [5.41, 5.74) is 2.17. The fraction of sp³-hybridized carbons (Fsp3) is 0.600. The second-order valence-corrected chi connectivity index (χ2v) is 5.53. The molecule has 0 aromatic heterocycles. The van der Waals surface area contributed by atoms with Crippen LogP contribution in [0.5, 0.6) is 5.75 Å². The molecule has 0 bridgehead atoms. The lowest BCUT2D eigenvalue weighted by atomic mass is 10.0. The lowest BCUT2D eigenvalue weighted by Crippen LogP contribution is -2.35. The molecule has 18 heavy (non-hydrogen) atoms. The minimum atomic E-state index is 0.633. The van der Waals surface area contributed by atoms with E-state index >= 15 is 0 Å². The number of aryl methyl sites for hydroxylation is 2. The average Bonchev–Trinajstić information content (AvgIpc) is 2.37. The average molecular weight is 268 g/mol. The predicted molar refractivity (Wildman–Crippen MR) is 76.7 cm³/mol. The third-order valence-electron chi connectivity index (χ3n) is 3.56. The second kappa shape index (κ2) is 6.44. The molecule has 1 saturated heterocycles. The highest BCUT2D eigenvalue weighted by molar-refractivity contribution is 6.32. The molecule has 100 valence electrons. The van der Waals surface area contributed by atoms with Crippen molar-refractivity contribution in [2.24, 2.45) is 0 Å². The Labute approximate surface area is 115 Å². The first-order valence-electron chi connectivity index (χ1n) is 6.80. The molecule has 1 aromatic carbocycles. The minimum absolute atomic E-state index is 0.633. The zero-order valence-electron chi connectivity index (χ0n) is 11.3. The van der Waals surface area contributed by atoms with Gasteiger partial charge in [-0.2, -0.15) is 0 Å². The predicted octanol–water partition coefficient (Wildman–Crippen LogP) is 3.87. The van der Waals surface area contributed by atoms with Crippen molar-refractivity contribution in [1.29, 1.82) is 0 Å². The molecule has 3 heteroatoms. The quantitative estimate of drug-likeness (QED) is 0.894. The van der Waals surface area contributed by atoms with E-state index in [2.05, 4.69) is 5.32 Å². The molecule has 2 rings (SSSR count). The van der Waals surface area contributed by atoms with Gasteiger partial charge in [0, 0.05) is 11.1 Å². The fourth-order valence-electron chi connectivity index (χ4n) is 2.48. The summed E-state index contributed by atoms with van der Waals surface area (Å²) in [5.74, 6) is 0.935. The van der Waals surface area contributed by atoms with Gasteiger partial charge in [-0.1, -0.05) is 18.0 Å². The van der Waals surface area contributed by atoms with Crippen molar-refractivity contribution >= 4 is 11.6 Å². The summed E-state index contributed by atoms with van der Waals surface area (Å²) in [5, 5.41) is 4.38. The molecule has 1 atom stereocenters. The van der Waals surface area contributed by atoms with Crippen LogP contribution in [-0.2, 0) is 0 Å². The van der Waals surface area contributed by atoms with Crippen LogP contribution in [0.4, 0.5) is 0 Å². The summed E-state index contributed by atoms with van der Waals surface area (Å²) in [6.45, 7) is 5.97. The van der Waals surface area contributed by atoms with Crippen molar-refractivity contribution < 1.29 is 4.74 Å². The number of halogens is 1. The number of hydrogen-bond donors (Lipinski definition) is 1. The zero-order valence-corrected chi connectivity index (χ0v) is 12.0. The Bertz CT molecular complexity index is 376. The highest BCUT2D eigenvalue weighted by atomic mass is 35.5. The Balaban J connectivity index is 1.82. The Morgan fingerprint density at radius 2 is 2.00 bits per heavy atom. The number of nitrogens with one attached hydrogen (secondary N) is 1. The molecule has 1 heterocycles. The molecule has 1 unspecified atom stereocenters. The van der Waals surface area contributed by atoms with Crippen molar-refractivity contribution in [3.63, 3.8) is 0 Å². The molecule has 0 amide bonds. The molecule has 0 spiro atoms. The van der Waals surface area contributed by atoms with Crippen molar-refractivity contribution in [2.45, 2.75) is 45.6 Å². The van der Waals surface area contributed by atoms with Gasteiger partial charge in [-0.15, -0.1) is 0 Å².